The molecule has 2 N–H and O–H groups in total. The van der Waals surface area contributed by atoms with Gasteiger partial charge in [0.05, 0.1) is 30.0 Å². The molecule has 2 bridgehead atoms. The van der Waals surface area contributed by atoms with Gasteiger partial charge in [-0.1, -0.05) is 42.5 Å². The average Bonchev–Trinajstić information content (AvgIpc) is 3.96. The van der Waals surface area contributed by atoms with E-state index < -0.39 is 24.5 Å². The number of carbonyl (C=O) groups is 4. The van der Waals surface area contributed by atoms with Crippen molar-refractivity contribution < 1.29 is 42.5 Å². The van der Waals surface area contributed by atoms with Crippen molar-refractivity contribution in [3.8, 4) is 5.75 Å². The van der Waals surface area contributed by atoms with Gasteiger partial charge in [-0.2, -0.15) is 0 Å². The zero-order valence-electron chi connectivity index (χ0n) is 28.4. The summed E-state index contributed by atoms with van der Waals surface area (Å²) in [6.07, 6.45) is 1.58. The van der Waals surface area contributed by atoms with Crippen LogP contribution in [0.3, 0.4) is 0 Å². The van der Waals surface area contributed by atoms with E-state index in [0.29, 0.717) is 47.4 Å². The second kappa shape index (κ2) is 16.8. The maximum atomic E-state index is 14.8. The monoisotopic (exact) mass is 779 g/mol. The van der Waals surface area contributed by atoms with Gasteiger partial charge in [0.1, 0.15) is 23.5 Å². The van der Waals surface area contributed by atoms with Crippen molar-refractivity contribution in [2.75, 3.05) is 19.7 Å². The molecular formula is C39H40BrF2N3O7. The molecule has 13 heteroatoms. The summed E-state index contributed by atoms with van der Waals surface area (Å²) in [6, 6.07) is 18.0. The van der Waals surface area contributed by atoms with Gasteiger partial charge in [-0.15, -0.1) is 0 Å². The van der Waals surface area contributed by atoms with E-state index in [0.717, 1.165) is 36.0 Å². The van der Waals surface area contributed by atoms with Crippen LogP contribution < -0.4 is 10.1 Å². The van der Waals surface area contributed by atoms with E-state index in [1.165, 1.54) is 18.2 Å². The summed E-state index contributed by atoms with van der Waals surface area (Å²) in [5.41, 5.74) is 3.75. The molecule has 3 aromatic carbocycles. The summed E-state index contributed by atoms with van der Waals surface area (Å²) in [7, 11) is 0. The van der Waals surface area contributed by atoms with Crippen LogP contribution in [0.4, 0.5) is 8.78 Å². The summed E-state index contributed by atoms with van der Waals surface area (Å²) in [5.74, 6) is -2.09. The van der Waals surface area contributed by atoms with Crippen molar-refractivity contribution in [1.82, 2.24) is 15.1 Å². The third-order valence-corrected chi connectivity index (χ3v) is 10.3. The van der Waals surface area contributed by atoms with Gasteiger partial charge >= 0.3 is 5.97 Å². The zero-order valence-corrected chi connectivity index (χ0v) is 30.0. The lowest BCUT2D eigenvalue weighted by molar-refractivity contribution is -0.147. The molecule has 3 aliphatic rings. The predicted molar refractivity (Wildman–Crippen MR) is 191 cm³/mol. The molecule has 0 radical (unpaired) electrons. The number of nitrogens with zero attached hydrogens (tertiary/aromatic N) is 2. The maximum absolute atomic E-state index is 14.8. The quantitative estimate of drug-likeness (QED) is 0.141. The molecule has 6 rings (SSSR count). The van der Waals surface area contributed by atoms with E-state index >= 15 is 0 Å². The molecule has 0 unspecified atom stereocenters. The smallest absolute Gasteiger partial charge is 0.307 e. The van der Waals surface area contributed by atoms with E-state index in [4.69, 9.17) is 9.47 Å². The lowest BCUT2D eigenvalue weighted by Crippen LogP contribution is -2.62. The fourth-order valence-corrected chi connectivity index (χ4v) is 7.33. The number of aliphatic carboxylic acids is 1. The van der Waals surface area contributed by atoms with Crippen LogP contribution in [0, 0.1) is 11.6 Å². The van der Waals surface area contributed by atoms with Gasteiger partial charge < -0.3 is 29.7 Å². The minimum Gasteiger partial charge on any atom is -0.492 e. The van der Waals surface area contributed by atoms with Crippen LogP contribution in [-0.4, -0.2) is 83.1 Å². The van der Waals surface area contributed by atoms with Gasteiger partial charge in [0.25, 0.3) is 12.4 Å². The van der Waals surface area contributed by atoms with Gasteiger partial charge in [0.2, 0.25) is 5.91 Å². The van der Waals surface area contributed by atoms with Crippen LogP contribution in [0.1, 0.15) is 55.2 Å². The Labute approximate surface area is 308 Å². The van der Waals surface area contributed by atoms with Crippen LogP contribution in [0.2, 0.25) is 0 Å². The van der Waals surface area contributed by atoms with Crippen LogP contribution in [0.5, 0.6) is 5.75 Å². The number of aryl methyl sites for hydroxylation is 1. The highest BCUT2D eigenvalue weighted by Crippen LogP contribution is 2.38. The number of nitrogens with one attached hydrogen (secondary N) is 1. The number of amides is 2. The van der Waals surface area contributed by atoms with Crippen LogP contribution >= 0.6 is 15.9 Å². The molecule has 2 amide bonds. The second-order valence-electron chi connectivity index (χ2n) is 13.4. The first kappa shape index (κ1) is 37.1. The van der Waals surface area contributed by atoms with Gasteiger partial charge in [-0.3, -0.25) is 19.2 Å². The molecule has 1 saturated carbocycles. The Kier molecular flexibility index (Phi) is 12.0. The van der Waals surface area contributed by atoms with Crippen molar-refractivity contribution in [3.05, 3.63) is 105 Å². The minimum atomic E-state index is -1.19. The molecule has 0 aromatic heterocycles. The molecule has 10 nitrogen and oxygen atoms in total. The molecule has 3 atom stereocenters. The van der Waals surface area contributed by atoms with Gasteiger partial charge in [-0.05, 0) is 82.9 Å². The Balaban J connectivity index is 1.24. The molecule has 2 aliphatic heterocycles. The molecule has 0 spiro atoms. The standard InChI is InChI=1S/C39H40BrF2N3O7/c40-32-14-11-27(41)16-35(32)51-15-3-4-24-7-9-25(10-8-24)31-17-28-21-44(36(47)18-30(52-23-46)19-37(48)49)22-34(43-28)38(31)39(50)45(29-12-13-29)20-26-5-1-2-6-33(26)42/h1-2,5-11,14,16,23,28-30,34,43H,3-4,12-13,15,17-22H2,(H,48,49)/t28-,30+,34-/m1/s1. The fourth-order valence-electron chi connectivity index (χ4n) is 6.97. The SMILES string of the molecule is O=CO[C@H](CC(=O)O)CC(=O)N1C[C@H]2CC(c3ccc(CCCOc4cc(F)ccc4Br)cc3)=C(C(=O)N(Cc3ccccc3F)C3CC3)[C@@H](C1)N2. The highest BCUT2D eigenvalue weighted by molar-refractivity contribution is 9.10. The summed E-state index contributed by atoms with van der Waals surface area (Å²) < 4.78 is 39.8. The number of hydrogen-bond donors (Lipinski definition) is 2. The summed E-state index contributed by atoms with van der Waals surface area (Å²) in [5, 5.41) is 12.8. The van der Waals surface area contributed by atoms with E-state index in [1.54, 1.807) is 34.1 Å². The first-order chi connectivity index (χ1) is 25.1. The van der Waals surface area contributed by atoms with Gasteiger partial charge in [-0.25, -0.2) is 8.78 Å². The molecular weight excluding hydrogens is 740 g/mol. The molecule has 1 aliphatic carbocycles. The number of benzene rings is 3. The zero-order chi connectivity index (χ0) is 36.8. The third kappa shape index (κ3) is 9.23. The van der Waals surface area contributed by atoms with Crippen LogP contribution in [-0.2, 0) is 36.9 Å². The van der Waals surface area contributed by atoms with Crippen molar-refractivity contribution in [2.24, 2.45) is 0 Å². The predicted octanol–water partition coefficient (Wildman–Crippen LogP) is 5.66. The number of halogens is 3. The molecule has 274 valence electrons. The van der Waals surface area contributed by atoms with Gasteiger partial charge in [0, 0.05) is 48.9 Å². The Hall–Kier alpha value is -4.62. The highest BCUT2D eigenvalue weighted by atomic mass is 79.9. The van der Waals surface area contributed by atoms with Crippen molar-refractivity contribution >= 4 is 45.8 Å². The number of carboxylic acid groups (broad SMARTS) is 1. The summed E-state index contributed by atoms with van der Waals surface area (Å²) in [6.45, 7) is 1.13. The highest BCUT2D eigenvalue weighted by Gasteiger charge is 2.43. The molecule has 2 fully saturated rings. The second-order valence-corrected chi connectivity index (χ2v) is 14.3. The minimum absolute atomic E-state index is 0.0326. The first-order valence-corrected chi connectivity index (χ1v) is 18.2. The fraction of sp³-hybridized carbons (Fsp3) is 0.385. The van der Waals surface area contributed by atoms with Crippen molar-refractivity contribution in [1.29, 1.82) is 0 Å². The van der Waals surface area contributed by atoms with Gasteiger partial charge in [0.15, 0.2) is 0 Å². The number of carboxylic acids is 1. The number of fused-ring (bicyclic) bond motifs is 2. The number of piperazine rings is 1. The topological polar surface area (TPSA) is 125 Å². The normalized spacial score (nSPS) is 18.8. The van der Waals surface area contributed by atoms with E-state index in [2.05, 4.69) is 21.2 Å². The Morgan fingerprint density at radius 2 is 1.81 bits per heavy atom. The van der Waals surface area contributed by atoms with Crippen molar-refractivity contribution in [3.63, 3.8) is 0 Å². The Morgan fingerprint density at radius 3 is 2.52 bits per heavy atom. The maximum Gasteiger partial charge on any atom is 0.307 e. The largest absolute Gasteiger partial charge is 0.492 e. The van der Waals surface area contributed by atoms with E-state index in [1.807, 2.05) is 24.3 Å². The number of rotatable bonds is 16. The summed E-state index contributed by atoms with van der Waals surface area (Å²) in [4.78, 5) is 53.8. The Morgan fingerprint density at radius 1 is 1.04 bits per heavy atom. The molecule has 2 heterocycles. The number of carbonyl (C=O) groups excluding carboxylic acids is 3. The van der Waals surface area contributed by atoms with Crippen molar-refractivity contribution in [2.45, 2.75) is 75.7 Å². The first-order valence-electron chi connectivity index (χ1n) is 17.4. The lowest BCUT2D eigenvalue weighted by atomic mass is 9.82. The third-order valence-electron chi connectivity index (χ3n) is 9.65. The van der Waals surface area contributed by atoms with Crippen LogP contribution in [0.15, 0.2) is 76.8 Å². The lowest BCUT2D eigenvalue weighted by Gasteiger charge is -2.45. The van der Waals surface area contributed by atoms with E-state index in [9.17, 15) is 33.1 Å². The van der Waals surface area contributed by atoms with E-state index in [-0.39, 0.29) is 61.5 Å². The molecule has 3 aromatic rings. The average molecular weight is 781 g/mol. The number of hydrogen-bond acceptors (Lipinski definition) is 7. The Bertz CT molecular complexity index is 1830. The van der Waals surface area contributed by atoms with Crippen LogP contribution in [0.25, 0.3) is 5.57 Å². The molecule has 52 heavy (non-hydrogen) atoms. The summed E-state index contributed by atoms with van der Waals surface area (Å²) >= 11 is 3.38. The number of ether oxygens (including phenoxy) is 2. The molecule has 1 saturated heterocycles.